The Balaban J connectivity index is 1.59. The number of hydrogen-bond acceptors (Lipinski definition) is 4. The highest BCUT2D eigenvalue weighted by atomic mass is 19.1. The largest absolute Gasteiger partial charge is 0.421 e. The fourth-order valence-electron chi connectivity index (χ4n) is 2.61. The number of aryl methyl sites for hydroxylation is 1. The monoisotopic (exact) mass is 353 g/mol. The molecule has 0 saturated heterocycles. The van der Waals surface area contributed by atoms with E-state index >= 15 is 0 Å². The Bertz CT molecular complexity index is 888. The second-order valence-corrected chi connectivity index (χ2v) is 6.30. The van der Waals surface area contributed by atoms with E-state index in [0.29, 0.717) is 29.7 Å². The molecule has 0 bridgehead atoms. The lowest BCUT2D eigenvalue weighted by Crippen LogP contribution is -2.14. The van der Waals surface area contributed by atoms with Crippen molar-refractivity contribution < 1.29 is 13.6 Å². The molecule has 6 heteroatoms. The molecular formula is C20H20FN3O2. The van der Waals surface area contributed by atoms with Crippen molar-refractivity contribution in [1.82, 2.24) is 10.2 Å². The molecule has 0 atom stereocenters. The summed E-state index contributed by atoms with van der Waals surface area (Å²) in [7, 11) is 0. The molecule has 1 amide bonds. The van der Waals surface area contributed by atoms with Crippen LogP contribution in [0.2, 0.25) is 0 Å². The highest BCUT2D eigenvalue weighted by Gasteiger charge is 2.12. The van der Waals surface area contributed by atoms with Crippen molar-refractivity contribution in [3.63, 3.8) is 0 Å². The summed E-state index contributed by atoms with van der Waals surface area (Å²) in [4.78, 5) is 12.2. The summed E-state index contributed by atoms with van der Waals surface area (Å²) in [6.45, 7) is 4.17. The number of anilines is 1. The maximum Gasteiger partial charge on any atom is 0.247 e. The molecule has 134 valence electrons. The van der Waals surface area contributed by atoms with Gasteiger partial charge in [0.15, 0.2) is 0 Å². The van der Waals surface area contributed by atoms with Crippen LogP contribution in [-0.4, -0.2) is 16.1 Å². The maximum absolute atomic E-state index is 13.0. The van der Waals surface area contributed by atoms with Crippen molar-refractivity contribution in [1.29, 1.82) is 0 Å². The SMILES string of the molecule is CC(C)c1ccccc1NC(=O)CCc1nnc(-c2ccc(F)cc2)o1. The number of benzene rings is 2. The minimum atomic E-state index is -0.327. The molecule has 2 aromatic carbocycles. The Morgan fingerprint density at radius 3 is 2.58 bits per heavy atom. The number of aromatic nitrogens is 2. The Morgan fingerprint density at radius 1 is 1.12 bits per heavy atom. The van der Waals surface area contributed by atoms with Crippen molar-refractivity contribution in [2.24, 2.45) is 0 Å². The molecule has 5 nitrogen and oxygen atoms in total. The Kier molecular flexibility index (Phi) is 5.41. The molecule has 1 N–H and O–H groups in total. The molecule has 0 radical (unpaired) electrons. The van der Waals surface area contributed by atoms with E-state index in [9.17, 15) is 9.18 Å². The van der Waals surface area contributed by atoms with Crippen molar-refractivity contribution >= 4 is 11.6 Å². The van der Waals surface area contributed by atoms with Gasteiger partial charge in [-0.2, -0.15) is 0 Å². The number of carbonyl (C=O) groups is 1. The first-order valence-electron chi connectivity index (χ1n) is 8.50. The van der Waals surface area contributed by atoms with Crippen LogP contribution in [0.5, 0.6) is 0 Å². The second kappa shape index (κ2) is 7.91. The van der Waals surface area contributed by atoms with E-state index in [2.05, 4.69) is 29.4 Å². The zero-order valence-electron chi connectivity index (χ0n) is 14.7. The Hall–Kier alpha value is -3.02. The van der Waals surface area contributed by atoms with Crippen molar-refractivity contribution in [3.05, 3.63) is 65.8 Å². The average Bonchev–Trinajstić information content (AvgIpc) is 3.10. The zero-order valence-corrected chi connectivity index (χ0v) is 14.7. The predicted molar refractivity (Wildman–Crippen MR) is 97.2 cm³/mol. The van der Waals surface area contributed by atoms with Gasteiger partial charge in [-0.05, 0) is 41.8 Å². The second-order valence-electron chi connectivity index (χ2n) is 6.30. The number of carbonyl (C=O) groups excluding carboxylic acids is 1. The van der Waals surface area contributed by atoms with Gasteiger partial charge in [0, 0.05) is 24.1 Å². The van der Waals surface area contributed by atoms with Crippen LogP contribution in [0, 0.1) is 5.82 Å². The van der Waals surface area contributed by atoms with E-state index in [1.165, 1.54) is 12.1 Å². The fraction of sp³-hybridized carbons (Fsp3) is 0.250. The predicted octanol–water partition coefficient (Wildman–Crippen LogP) is 4.57. The first-order valence-corrected chi connectivity index (χ1v) is 8.50. The first-order chi connectivity index (χ1) is 12.5. The molecule has 26 heavy (non-hydrogen) atoms. The van der Waals surface area contributed by atoms with Crippen LogP contribution in [0.1, 0.15) is 37.6 Å². The van der Waals surface area contributed by atoms with E-state index in [1.54, 1.807) is 12.1 Å². The van der Waals surface area contributed by atoms with Crippen LogP contribution >= 0.6 is 0 Å². The highest BCUT2D eigenvalue weighted by molar-refractivity contribution is 5.91. The van der Waals surface area contributed by atoms with Crippen LogP contribution in [-0.2, 0) is 11.2 Å². The normalized spacial score (nSPS) is 10.9. The van der Waals surface area contributed by atoms with Crippen LogP contribution in [0.15, 0.2) is 52.9 Å². The fourth-order valence-corrected chi connectivity index (χ4v) is 2.61. The smallest absolute Gasteiger partial charge is 0.247 e. The molecule has 0 aliphatic carbocycles. The van der Waals surface area contributed by atoms with E-state index in [1.807, 2.05) is 24.3 Å². The molecule has 0 aliphatic rings. The lowest BCUT2D eigenvalue weighted by Gasteiger charge is -2.13. The molecule has 0 unspecified atom stereocenters. The van der Waals surface area contributed by atoms with E-state index < -0.39 is 0 Å². The third kappa shape index (κ3) is 4.33. The first kappa shape index (κ1) is 17.8. The summed E-state index contributed by atoms with van der Waals surface area (Å²) >= 11 is 0. The average molecular weight is 353 g/mol. The van der Waals surface area contributed by atoms with Gasteiger partial charge < -0.3 is 9.73 Å². The standard InChI is InChI=1S/C20H20FN3O2/c1-13(2)16-5-3-4-6-17(16)22-18(25)11-12-19-23-24-20(26-19)14-7-9-15(21)10-8-14/h3-10,13H,11-12H2,1-2H3,(H,22,25). The third-order valence-corrected chi connectivity index (χ3v) is 3.98. The lowest BCUT2D eigenvalue weighted by atomic mass is 10.0. The van der Waals surface area contributed by atoms with E-state index in [0.717, 1.165) is 11.3 Å². The van der Waals surface area contributed by atoms with Crippen molar-refractivity contribution in [2.75, 3.05) is 5.32 Å². The van der Waals surface area contributed by atoms with Gasteiger partial charge in [-0.25, -0.2) is 4.39 Å². The topological polar surface area (TPSA) is 68.0 Å². The van der Waals surface area contributed by atoms with Gasteiger partial charge in [0.1, 0.15) is 5.82 Å². The van der Waals surface area contributed by atoms with Gasteiger partial charge in [-0.1, -0.05) is 32.0 Å². The van der Waals surface area contributed by atoms with E-state index in [4.69, 9.17) is 4.42 Å². The van der Waals surface area contributed by atoms with Crippen molar-refractivity contribution in [2.45, 2.75) is 32.6 Å². The summed E-state index contributed by atoms with van der Waals surface area (Å²) in [5.41, 5.74) is 2.56. The molecule has 0 fully saturated rings. The quantitative estimate of drug-likeness (QED) is 0.705. The number of nitrogens with one attached hydrogen (secondary N) is 1. The maximum atomic E-state index is 13.0. The number of amides is 1. The van der Waals surface area contributed by atoms with Gasteiger partial charge in [0.2, 0.25) is 17.7 Å². The summed E-state index contributed by atoms with van der Waals surface area (Å²) in [5, 5.41) is 10.8. The summed E-state index contributed by atoms with van der Waals surface area (Å²) in [6, 6.07) is 13.6. The van der Waals surface area contributed by atoms with Crippen LogP contribution in [0.4, 0.5) is 10.1 Å². The zero-order chi connectivity index (χ0) is 18.5. The number of rotatable bonds is 6. The number of nitrogens with zero attached hydrogens (tertiary/aromatic N) is 2. The summed E-state index contributed by atoms with van der Waals surface area (Å²) in [6.07, 6.45) is 0.571. The van der Waals surface area contributed by atoms with Crippen LogP contribution in [0.25, 0.3) is 11.5 Å². The third-order valence-electron chi connectivity index (χ3n) is 3.98. The Labute approximate surface area is 151 Å². The molecule has 0 spiro atoms. The molecule has 3 aromatic rings. The van der Waals surface area contributed by atoms with Crippen molar-refractivity contribution in [3.8, 4) is 11.5 Å². The highest BCUT2D eigenvalue weighted by Crippen LogP contribution is 2.24. The minimum absolute atomic E-state index is 0.111. The summed E-state index contributed by atoms with van der Waals surface area (Å²) in [5.74, 6) is 0.564. The van der Waals surface area contributed by atoms with Gasteiger partial charge in [-0.15, -0.1) is 10.2 Å². The molecule has 0 aliphatic heterocycles. The summed E-state index contributed by atoms with van der Waals surface area (Å²) < 4.78 is 18.5. The van der Waals surface area contributed by atoms with Crippen LogP contribution < -0.4 is 5.32 Å². The lowest BCUT2D eigenvalue weighted by molar-refractivity contribution is -0.116. The van der Waals surface area contributed by atoms with Gasteiger partial charge in [-0.3, -0.25) is 4.79 Å². The molecular weight excluding hydrogens is 333 g/mol. The molecule has 1 heterocycles. The molecule has 1 aromatic heterocycles. The minimum Gasteiger partial charge on any atom is -0.421 e. The van der Waals surface area contributed by atoms with Gasteiger partial charge in [0.25, 0.3) is 0 Å². The van der Waals surface area contributed by atoms with E-state index in [-0.39, 0.29) is 18.1 Å². The Morgan fingerprint density at radius 2 is 1.85 bits per heavy atom. The van der Waals surface area contributed by atoms with Crippen LogP contribution in [0.3, 0.4) is 0 Å². The number of halogens is 1. The van der Waals surface area contributed by atoms with Gasteiger partial charge >= 0.3 is 0 Å². The molecule has 3 rings (SSSR count). The molecule has 0 saturated carbocycles. The number of para-hydroxylation sites is 1. The number of hydrogen-bond donors (Lipinski definition) is 1. The van der Waals surface area contributed by atoms with Gasteiger partial charge in [0.05, 0.1) is 0 Å².